The molecule has 1 aromatic rings. The van der Waals surface area contributed by atoms with Crippen molar-refractivity contribution >= 4 is 29.9 Å². The van der Waals surface area contributed by atoms with Crippen LogP contribution in [0.25, 0.3) is 0 Å². The third-order valence-electron chi connectivity index (χ3n) is 2.33. The Kier molecular flexibility index (Phi) is 6.66. The first kappa shape index (κ1) is 17.2. The zero-order valence-electron chi connectivity index (χ0n) is 11.9. The predicted molar refractivity (Wildman–Crippen MR) is 84.5 cm³/mol. The van der Waals surface area contributed by atoms with Gasteiger partial charge in [-0.2, -0.15) is 0 Å². The second kappa shape index (κ2) is 6.96. The van der Waals surface area contributed by atoms with Crippen molar-refractivity contribution in [2.45, 2.75) is 32.7 Å². The van der Waals surface area contributed by atoms with E-state index in [1.54, 1.807) is 13.2 Å². The Balaban J connectivity index is 0.00000289. The van der Waals surface area contributed by atoms with Gasteiger partial charge in [0.15, 0.2) is 5.96 Å². The molecule has 104 valence electrons. The van der Waals surface area contributed by atoms with Gasteiger partial charge in [-0.1, -0.05) is 20.8 Å². The van der Waals surface area contributed by atoms with Crippen molar-refractivity contribution in [3.05, 3.63) is 17.8 Å². The number of aromatic nitrogens is 1. The molecule has 0 atom stereocenters. The normalized spacial score (nSPS) is 12.0. The van der Waals surface area contributed by atoms with Gasteiger partial charge in [0, 0.05) is 26.6 Å². The van der Waals surface area contributed by atoms with Gasteiger partial charge in [0.25, 0.3) is 0 Å². The molecule has 0 aliphatic rings. The second-order valence-electron chi connectivity index (χ2n) is 5.16. The van der Waals surface area contributed by atoms with E-state index in [1.165, 1.54) is 0 Å². The smallest absolute Gasteiger partial charge is 0.213 e. The van der Waals surface area contributed by atoms with Crippen molar-refractivity contribution in [2.75, 3.05) is 21.1 Å². The van der Waals surface area contributed by atoms with E-state index >= 15 is 0 Å². The van der Waals surface area contributed by atoms with Gasteiger partial charge in [0.2, 0.25) is 5.89 Å². The first-order valence-electron chi connectivity index (χ1n) is 5.67. The van der Waals surface area contributed by atoms with Crippen LogP contribution in [0, 0.1) is 0 Å². The van der Waals surface area contributed by atoms with E-state index in [2.05, 4.69) is 36.1 Å². The van der Waals surface area contributed by atoms with Crippen molar-refractivity contribution in [2.24, 2.45) is 4.99 Å². The fourth-order valence-electron chi connectivity index (χ4n) is 1.33. The highest BCUT2D eigenvalue weighted by molar-refractivity contribution is 14.0. The largest absolute Gasteiger partial charge is 0.443 e. The summed E-state index contributed by atoms with van der Waals surface area (Å²) in [6.07, 6.45) is 1.79. The van der Waals surface area contributed by atoms with Crippen molar-refractivity contribution in [3.8, 4) is 0 Å². The molecule has 6 heteroatoms. The fourth-order valence-corrected chi connectivity index (χ4v) is 1.33. The lowest BCUT2D eigenvalue weighted by Crippen LogP contribution is -2.35. The van der Waals surface area contributed by atoms with Gasteiger partial charge < -0.3 is 14.6 Å². The van der Waals surface area contributed by atoms with Gasteiger partial charge in [-0.25, -0.2) is 4.98 Å². The summed E-state index contributed by atoms with van der Waals surface area (Å²) in [4.78, 5) is 10.3. The van der Waals surface area contributed by atoms with Gasteiger partial charge in [-0.3, -0.25) is 4.99 Å². The topological polar surface area (TPSA) is 53.7 Å². The summed E-state index contributed by atoms with van der Waals surface area (Å²) in [5.74, 6) is 2.38. The monoisotopic (exact) mass is 366 g/mol. The summed E-state index contributed by atoms with van der Waals surface area (Å²) in [6, 6.07) is 0. The zero-order valence-corrected chi connectivity index (χ0v) is 14.3. The highest BCUT2D eigenvalue weighted by atomic mass is 127. The van der Waals surface area contributed by atoms with E-state index in [0.717, 1.165) is 11.7 Å². The van der Waals surface area contributed by atoms with E-state index in [0.29, 0.717) is 12.4 Å². The molecule has 0 aliphatic heterocycles. The number of nitrogens with one attached hydrogen (secondary N) is 1. The Morgan fingerprint density at radius 2 is 2.06 bits per heavy atom. The lowest BCUT2D eigenvalue weighted by Gasteiger charge is -2.16. The first-order chi connectivity index (χ1) is 7.84. The highest BCUT2D eigenvalue weighted by Gasteiger charge is 2.19. The first-order valence-corrected chi connectivity index (χ1v) is 5.67. The Labute approximate surface area is 126 Å². The predicted octanol–water partition coefficient (Wildman–Crippen LogP) is 2.23. The summed E-state index contributed by atoms with van der Waals surface area (Å²) >= 11 is 0. The molecule has 1 N–H and O–H groups in total. The molecule has 18 heavy (non-hydrogen) atoms. The third kappa shape index (κ3) is 4.83. The molecule has 5 nitrogen and oxygen atoms in total. The number of oxazole rings is 1. The number of rotatable bonds is 2. The van der Waals surface area contributed by atoms with Crippen LogP contribution in [-0.2, 0) is 12.0 Å². The summed E-state index contributed by atoms with van der Waals surface area (Å²) in [5.41, 5.74) is -0.00548. The van der Waals surface area contributed by atoms with Crippen molar-refractivity contribution < 1.29 is 4.42 Å². The van der Waals surface area contributed by atoms with Gasteiger partial charge in [0.1, 0.15) is 5.76 Å². The van der Waals surface area contributed by atoms with Crippen LogP contribution in [0.5, 0.6) is 0 Å². The molecule has 0 unspecified atom stereocenters. The summed E-state index contributed by atoms with van der Waals surface area (Å²) in [6.45, 7) is 6.84. The standard InChI is InChI=1S/C12H22N4O.HI/c1-12(2,3)9-7-14-10(17-9)8-15-11(13-4)16(5)6;/h7H,8H2,1-6H3,(H,13,15);1H. The molecule has 0 aromatic carbocycles. The molecular formula is C12H23IN4O. The lowest BCUT2D eigenvalue weighted by molar-refractivity contribution is 0.378. The molecule has 1 rings (SSSR count). The van der Waals surface area contributed by atoms with Crippen molar-refractivity contribution in [1.29, 1.82) is 0 Å². The Bertz CT molecular complexity index is 393. The van der Waals surface area contributed by atoms with Crippen LogP contribution < -0.4 is 5.32 Å². The van der Waals surface area contributed by atoms with Gasteiger partial charge in [-0.15, -0.1) is 24.0 Å². The second-order valence-corrected chi connectivity index (χ2v) is 5.16. The number of nitrogens with zero attached hydrogens (tertiary/aromatic N) is 3. The van der Waals surface area contributed by atoms with Crippen LogP contribution in [-0.4, -0.2) is 37.0 Å². The highest BCUT2D eigenvalue weighted by Crippen LogP contribution is 2.22. The molecule has 0 spiro atoms. The molecule has 0 aliphatic carbocycles. The van der Waals surface area contributed by atoms with Gasteiger partial charge in [-0.05, 0) is 0 Å². The minimum atomic E-state index is -0.00548. The molecule has 0 fully saturated rings. The van der Waals surface area contributed by atoms with Crippen LogP contribution >= 0.6 is 24.0 Å². The van der Waals surface area contributed by atoms with Crippen LogP contribution in [0.2, 0.25) is 0 Å². The minimum Gasteiger partial charge on any atom is -0.443 e. The summed E-state index contributed by atoms with van der Waals surface area (Å²) in [5, 5.41) is 3.17. The van der Waals surface area contributed by atoms with E-state index < -0.39 is 0 Å². The maximum absolute atomic E-state index is 5.68. The van der Waals surface area contributed by atoms with Gasteiger partial charge in [0.05, 0.1) is 12.7 Å². The minimum absolute atomic E-state index is 0. The number of halogens is 1. The molecular weight excluding hydrogens is 343 g/mol. The molecule has 0 radical (unpaired) electrons. The SMILES string of the molecule is CN=C(NCc1ncc(C(C)(C)C)o1)N(C)C.I. The maximum atomic E-state index is 5.68. The number of hydrogen-bond donors (Lipinski definition) is 1. The average molecular weight is 366 g/mol. The Morgan fingerprint density at radius 3 is 2.44 bits per heavy atom. The quantitative estimate of drug-likeness (QED) is 0.496. The van der Waals surface area contributed by atoms with Crippen LogP contribution in [0.1, 0.15) is 32.4 Å². The Morgan fingerprint density at radius 1 is 1.44 bits per heavy atom. The number of hydrogen-bond acceptors (Lipinski definition) is 3. The van der Waals surface area contributed by atoms with Crippen molar-refractivity contribution in [3.63, 3.8) is 0 Å². The third-order valence-corrected chi connectivity index (χ3v) is 2.33. The number of aliphatic imine (C=N–C) groups is 1. The zero-order chi connectivity index (χ0) is 13.1. The Hall–Kier alpha value is -0.790. The van der Waals surface area contributed by atoms with Crippen LogP contribution in [0.3, 0.4) is 0 Å². The molecule has 1 heterocycles. The molecule has 0 saturated heterocycles. The molecule has 1 aromatic heterocycles. The van der Waals surface area contributed by atoms with E-state index in [4.69, 9.17) is 4.42 Å². The fraction of sp³-hybridized carbons (Fsp3) is 0.667. The molecule has 0 bridgehead atoms. The molecule has 0 amide bonds. The van der Waals surface area contributed by atoms with Gasteiger partial charge >= 0.3 is 0 Å². The van der Waals surface area contributed by atoms with E-state index in [9.17, 15) is 0 Å². The lowest BCUT2D eigenvalue weighted by atomic mass is 9.94. The maximum Gasteiger partial charge on any atom is 0.213 e. The van der Waals surface area contributed by atoms with Crippen LogP contribution in [0.4, 0.5) is 0 Å². The summed E-state index contributed by atoms with van der Waals surface area (Å²) in [7, 11) is 5.62. The summed E-state index contributed by atoms with van der Waals surface area (Å²) < 4.78 is 5.68. The van der Waals surface area contributed by atoms with Crippen molar-refractivity contribution in [1.82, 2.24) is 15.2 Å². The molecule has 0 saturated carbocycles. The van der Waals surface area contributed by atoms with E-state index in [-0.39, 0.29) is 29.4 Å². The van der Waals surface area contributed by atoms with Crippen LogP contribution in [0.15, 0.2) is 15.6 Å². The number of guanidine groups is 1. The average Bonchev–Trinajstić information content (AvgIpc) is 2.66. The van der Waals surface area contributed by atoms with E-state index in [1.807, 2.05) is 19.0 Å².